The van der Waals surface area contributed by atoms with Gasteiger partial charge in [-0.2, -0.15) is 0 Å². The minimum absolute atomic E-state index is 0.170. The van der Waals surface area contributed by atoms with Crippen molar-refractivity contribution in [2.75, 3.05) is 17.7 Å². The molecule has 0 spiro atoms. The van der Waals surface area contributed by atoms with Crippen molar-refractivity contribution in [3.05, 3.63) is 88.1 Å². The van der Waals surface area contributed by atoms with Crippen LogP contribution in [0, 0.1) is 0 Å². The van der Waals surface area contributed by atoms with Crippen LogP contribution in [0.15, 0.2) is 71.1 Å². The van der Waals surface area contributed by atoms with Gasteiger partial charge in [0.1, 0.15) is 11.3 Å². The highest BCUT2D eigenvalue weighted by molar-refractivity contribution is 6.44. The first kappa shape index (κ1) is 20.8. The lowest BCUT2D eigenvalue weighted by Gasteiger charge is -2.13. The third kappa shape index (κ3) is 4.35. The van der Waals surface area contributed by atoms with Crippen LogP contribution in [0.1, 0.15) is 20.9 Å². The number of halogens is 2. The van der Waals surface area contributed by atoms with Crippen LogP contribution < -0.4 is 15.4 Å². The normalized spacial score (nSPS) is 10.7. The number of fused-ring (bicyclic) bond motifs is 1. The topological polar surface area (TPSA) is 80.6 Å². The number of ether oxygens (including phenoxy) is 1. The smallest absolute Gasteiger partial charge is 0.291 e. The van der Waals surface area contributed by atoms with E-state index >= 15 is 0 Å². The van der Waals surface area contributed by atoms with Crippen LogP contribution in [-0.2, 0) is 0 Å². The fourth-order valence-electron chi connectivity index (χ4n) is 3.03. The summed E-state index contributed by atoms with van der Waals surface area (Å²) in [6.07, 6.45) is 0. The van der Waals surface area contributed by atoms with E-state index in [1.807, 2.05) is 18.2 Å². The predicted octanol–water partition coefficient (Wildman–Crippen LogP) is 6.25. The summed E-state index contributed by atoms with van der Waals surface area (Å²) in [5.74, 6) is -0.304. The Bertz CT molecular complexity index is 1270. The zero-order valence-corrected chi connectivity index (χ0v) is 17.8. The quantitative estimate of drug-likeness (QED) is 0.373. The van der Waals surface area contributed by atoms with E-state index in [1.54, 1.807) is 48.5 Å². The van der Waals surface area contributed by atoms with Crippen molar-refractivity contribution >= 4 is 57.4 Å². The van der Waals surface area contributed by atoms with Crippen molar-refractivity contribution in [2.45, 2.75) is 0 Å². The zero-order valence-electron chi connectivity index (χ0n) is 16.2. The molecule has 0 fully saturated rings. The van der Waals surface area contributed by atoms with Gasteiger partial charge in [0.25, 0.3) is 11.8 Å². The van der Waals surface area contributed by atoms with Gasteiger partial charge in [-0.1, -0.05) is 47.5 Å². The minimum atomic E-state index is -0.423. The number of benzene rings is 3. The average Bonchev–Trinajstić information content (AvgIpc) is 3.21. The molecule has 4 rings (SSSR count). The molecule has 3 aromatic carbocycles. The largest absolute Gasteiger partial charge is 0.494 e. The van der Waals surface area contributed by atoms with Crippen LogP contribution >= 0.6 is 23.2 Å². The Morgan fingerprint density at radius 2 is 1.71 bits per heavy atom. The average molecular weight is 455 g/mol. The second kappa shape index (κ2) is 8.71. The summed E-state index contributed by atoms with van der Waals surface area (Å²) >= 11 is 12.1. The van der Waals surface area contributed by atoms with E-state index in [4.69, 9.17) is 32.4 Å². The van der Waals surface area contributed by atoms with Gasteiger partial charge in [-0.25, -0.2) is 0 Å². The molecular formula is C23H16Cl2N2O4. The number of anilines is 2. The van der Waals surface area contributed by atoms with Crippen molar-refractivity contribution in [1.29, 1.82) is 0 Å². The van der Waals surface area contributed by atoms with Gasteiger partial charge in [-0.05, 0) is 36.4 Å². The first-order chi connectivity index (χ1) is 15.0. The lowest BCUT2D eigenvalue weighted by Crippen LogP contribution is -2.14. The molecular weight excluding hydrogens is 439 g/mol. The Balaban J connectivity index is 1.53. The molecule has 31 heavy (non-hydrogen) atoms. The van der Waals surface area contributed by atoms with Gasteiger partial charge >= 0.3 is 0 Å². The number of methoxy groups -OCH3 is 1. The van der Waals surface area contributed by atoms with Crippen LogP contribution in [0.4, 0.5) is 11.4 Å². The van der Waals surface area contributed by atoms with E-state index < -0.39 is 11.8 Å². The lowest BCUT2D eigenvalue weighted by atomic mass is 10.2. The molecule has 0 unspecified atom stereocenters. The van der Waals surface area contributed by atoms with Gasteiger partial charge in [0, 0.05) is 17.1 Å². The van der Waals surface area contributed by atoms with E-state index in [1.165, 1.54) is 7.11 Å². The molecule has 0 bridgehead atoms. The van der Waals surface area contributed by atoms with Gasteiger partial charge in [-0.15, -0.1) is 0 Å². The molecule has 2 N–H and O–H groups in total. The van der Waals surface area contributed by atoms with Gasteiger partial charge in [0.2, 0.25) is 0 Å². The molecule has 0 saturated heterocycles. The minimum Gasteiger partial charge on any atom is -0.494 e. The molecule has 0 atom stereocenters. The number of hydrogen-bond donors (Lipinski definition) is 2. The summed E-state index contributed by atoms with van der Waals surface area (Å²) in [5.41, 5.74) is 1.75. The predicted molar refractivity (Wildman–Crippen MR) is 122 cm³/mol. The highest BCUT2D eigenvalue weighted by atomic mass is 35.5. The maximum atomic E-state index is 12.6. The first-order valence-electron chi connectivity index (χ1n) is 9.19. The van der Waals surface area contributed by atoms with Crippen molar-refractivity contribution in [2.24, 2.45) is 0 Å². The van der Waals surface area contributed by atoms with E-state index in [-0.39, 0.29) is 21.4 Å². The monoisotopic (exact) mass is 454 g/mol. The molecule has 6 nitrogen and oxygen atoms in total. The molecule has 0 aliphatic heterocycles. The SMILES string of the molecule is COc1cc(NC(=O)c2cccc(Cl)c2Cl)ccc1NC(=O)c1cc2ccccc2o1. The Labute approximate surface area is 187 Å². The molecule has 0 radical (unpaired) electrons. The van der Waals surface area contributed by atoms with Crippen LogP contribution in [0.2, 0.25) is 10.0 Å². The molecule has 1 heterocycles. The zero-order chi connectivity index (χ0) is 22.0. The highest BCUT2D eigenvalue weighted by Crippen LogP contribution is 2.31. The van der Waals surface area contributed by atoms with E-state index in [2.05, 4.69) is 10.6 Å². The fourth-order valence-corrected chi connectivity index (χ4v) is 3.41. The van der Waals surface area contributed by atoms with E-state index in [0.29, 0.717) is 22.7 Å². The van der Waals surface area contributed by atoms with Crippen molar-refractivity contribution in [3.63, 3.8) is 0 Å². The number of para-hydroxylation sites is 1. The summed E-state index contributed by atoms with van der Waals surface area (Å²) in [6.45, 7) is 0. The Hall–Kier alpha value is -3.48. The van der Waals surface area contributed by atoms with E-state index in [9.17, 15) is 9.59 Å². The molecule has 0 aliphatic rings. The molecule has 8 heteroatoms. The Kier molecular flexibility index (Phi) is 5.84. The van der Waals surface area contributed by atoms with Crippen molar-refractivity contribution in [1.82, 2.24) is 0 Å². The maximum absolute atomic E-state index is 12.6. The number of carbonyl (C=O) groups is 2. The highest BCUT2D eigenvalue weighted by Gasteiger charge is 2.17. The van der Waals surface area contributed by atoms with E-state index in [0.717, 1.165) is 5.39 Å². The number of rotatable bonds is 5. The first-order valence-corrected chi connectivity index (χ1v) is 9.95. The third-order valence-electron chi connectivity index (χ3n) is 4.55. The fraction of sp³-hybridized carbons (Fsp3) is 0.0435. The Morgan fingerprint density at radius 1 is 0.903 bits per heavy atom. The number of furan rings is 1. The summed E-state index contributed by atoms with van der Waals surface area (Å²) in [5, 5.41) is 6.78. The summed E-state index contributed by atoms with van der Waals surface area (Å²) in [7, 11) is 1.46. The van der Waals surface area contributed by atoms with Crippen molar-refractivity contribution < 1.29 is 18.7 Å². The second-order valence-electron chi connectivity index (χ2n) is 6.57. The molecule has 4 aromatic rings. The van der Waals surface area contributed by atoms with Crippen LogP contribution in [0.25, 0.3) is 11.0 Å². The molecule has 1 aromatic heterocycles. The number of amides is 2. The standard InChI is InChI=1S/C23H16Cl2N2O4/c1-30-19-12-14(26-22(28)15-6-4-7-16(24)21(15)25)9-10-17(19)27-23(29)20-11-13-5-2-3-8-18(13)31-20/h2-12H,1H3,(H,26,28)(H,27,29). The van der Waals surface area contributed by atoms with Gasteiger partial charge in [-0.3, -0.25) is 9.59 Å². The van der Waals surface area contributed by atoms with Gasteiger partial charge in [0.15, 0.2) is 5.76 Å². The number of carbonyl (C=O) groups excluding carboxylic acids is 2. The van der Waals surface area contributed by atoms with Crippen LogP contribution in [0.3, 0.4) is 0 Å². The lowest BCUT2D eigenvalue weighted by molar-refractivity contribution is 0.0996. The van der Waals surface area contributed by atoms with Crippen molar-refractivity contribution in [3.8, 4) is 5.75 Å². The maximum Gasteiger partial charge on any atom is 0.291 e. The van der Waals surface area contributed by atoms with Crippen LogP contribution in [-0.4, -0.2) is 18.9 Å². The Morgan fingerprint density at radius 3 is 2.48 bits per heavy atom. The van der Waals surface area contributed by atoms with Crippen LogP contribution in [0.5, 0.6) is 5.75 Å². The number of nitrogens with one attached hydrogen (secondary N) is 2. The molecule has 0 saturated carbocycles. The van der Waals surface area contributed by atoms with Gasteiger partial charge in [0.05, 0.1) is 28.4 Å². The molecule has 2 amide bonds. The summed E-state index contributed by atoms with van der Waals surface area (Å²) in [4.78, 5) is 25.2. The molecule has 0 aliphatic carbocycles. The third-order valence-corrected chi connectivity index (χ3v) is 5.37. The summed E-state index contributed by atoms with van der Waals surface area (Å²) in [6, 6.07) is 18.7. The second-order valence-corrected chi connectivity index (χ2v) is 7.36. The van der Waals surface area contributed by atoms with Gasteiger partial charge < -0.3 is 19.8 Å². The molecule has 156 valence electrons. The number of hydrogen-bond acceptors (Lipinski definition) is 4. The summed E-state index contributed by atoms with van der Waals surface area (Å²) < 4.78 is 11.0.